The van der Waals surface area contributed by atoms with E-state index in [1.54, 1.807) is 13.0 Å². The van der Waals surface area contributed by atoms with Gasteiger partial charge in [0.25, 0.3) is 5.91 Å². The summed E-state index contributed by atoms with van der Waals surface area (Å²) in [5, 5.41) is 6.25. The first-order valence-electron chi connectivity index (χ1n) is 8.20. The Hall–Kier alpha value is -2.43. The van der Waals surface area contributed by atoms with Crippen LogP contribution in [0.15, 0.2) is 30.3 Å². The van der Waals surface area contributed by atoms with E-state index in [0.717, 1.165) is 11.3 Å². The molecule has 2 aromatic rings. The lowest BCUT2D eigenvalue weighted by Crippen LogP contribution is -2.27. The van der Waals surface area contributed by atoms with Gasteiger partial charge in [-0.15, -0.1) is 0 Å². The second-order valence-electron chi connectivity index (χ2n) is 7.26. The summed E-state index contributed by atoms with van der Waals surface area (Å²) in [7, 11) is 0. The van der Waals surface area contributed by atoms with Gasteiger partial charge in [-0.1, -0.05) is 32.0 Å². The van der Waals surface area contributed by atoms with Gasteiger partial charge in [-0.05, 0) is 45.2 Å². The molecule has 5 nitrogen and oxygen atoms in total. The van der Waals surface area contributed by atoms with E-state index in [0.29, 0.717) is 23.3 Å². The van der Waals surface area contributed by atoms with Crippen LogP contribution >= 0.6 is 0 Å². The van der Waals surface area contributed by atoms with Crippen molar-refractivity contribution in [1.82, 2.24) is 9.97 Å². The molecule has 2 N–H and O–H groups in total. The van der Waals surface area contributed by atoms with E-state index in [4.69, 9.17) is 0 Å². The highest BCUT2D eigenvalue weighted by molar-refractivity contribution is 6.03. The summed E-state index contributed by atoms with van der Waals surface area (Å²) in [6.45, 7) is 12.1. The molecular formula is C19H26N4O. The van der Waals surface area contributed by atoms with Gasteiger partial charge in [-0.25, -0.2) is 9.97 Å². The van der Waals surface area contributed by atoms with Gasteiger partial charge in [-0.2, -0.15) is 0 Å². The lowest BCUT2D eigenvalue weighted by Gasteiger charge is -2.21. The fourth-order valence-corrected chi connectivity index (χ4v) is 2.43. The summed E-state index contributed by atoms with van der Waals surface area (Å²) in [5.41, 5.74) is 2.13. The average molecular weight is 326 g/mol. The number of rotatable bonds is 4. The topological polar surface area (TPSA) is 66.9 Å². The number of hydrogen-bond donors (Lipinski definition) is 2. The van der Waals surface area contributed by atoms with Crippen LogP contribution < -0.4 is 10.6 Å². The van der Waals surface area contributed by atoms with E-state index in [2.05, 4.69) is 34.4 Å². The van der Waals surface area contributed by atoms with Crippen molar-refractivity contribution in [2.75, 3.05) is 10.6 Å². The molecule has 0 atom stereocenters. The average Bonchev–Trinajstić information content (AvgIpc) is 2.45. The monoisotopic (exact) mass is 326 g/mol. The molecule has 0 radical (unpaired) electrons. The van der Waals surface area contributed by atoms with Gasteiger partial charge in [0.05, 0.1) is 0 Å². The van der Waals surface area contributed by atoms with E-state index in [1.165, 1.54) is 0 Å². The van der Waals surface area contributed by atoms with Crippen LogP contribution in [0.1, 0.15) is 62.4 Å². The van der Waals surface area contributed by atoms with Crippen LogP contribution in [0.25, 0.3) is 0 Å². The smallest absolute Gasteiger partial charge is 0.274 e. The van der Waals surface area contributed by atoms with Crippen LogP contribution in [-0.2, 0) is 0 Å². The SMILES string of the molecule is Cc1nc(NC(C)(C)C)cc(C(=O)Nc2ccccc2C(C)C)n1. The maximum Gasteiger partial charge on any atom is 0.274 e. The molecule has 24 heavy (non-hydrogen) atoms. The molecule has 1 heterocycles. The number of benzene rings is 1. The number of amides is 1. The minimum atomic E-state index is -0.231. The van der Waals surface area contributed by atoms with E-state index in [-0.39, 0.29) is 11.4 Å². The normalized spacial score (nSPS) is 11.5. The molecule has 128 valence electrons. The molecule has 1 amide bonds. The quantitative estimate of drug-likeness (QED) is 0.875. The zero-order valence-corrected chi connectivity index (χ0v) is 15.3. The number of anilines is 2. The molecule has 0 aliphatic rings. The van der Waals surface area contributed by atoms with Crippen molar-refractivity contribution in [3.8, 4) is 0 Å². The van der Waals surface area contributed by atoms with Crippen LogP contribution in [0.5, 0.6) is 0 Å². The minimum absolute atomic E-state index is 0.140. The first-order valence-corrected chi connectivity index (χ1v) is 8.20. The molecule has 0 aliphatic heterocycles. The van der Waals surface area contributed by atoms with Crippen molar-refractivity contribution in [2.45, 2.75) is 53.0 Å². The summed E-state index contributed by atoms with van der Waals surface area (Å²) in [5.74, 6) is 1.31. The summed E-state index contributed by atoms with van der Waals surface area (Å²) in [6, 6.07) is 9.52. The first kappa shape index (κ1) is 17.9. The van der Waals surface area contributed by atoms with Gasteiger partial charge >= 0.3 is 0 Å². The lowest BCUT2D eigenvalue weighted by atomic mass is 10.0. The van der Waals surface area contributed by atoms with Gasteiger partial charge in [-0.3, -0.25) is 4.79 Å². The Labute approximate surface area is 143 Å². The summed E-state index contributed by atoms with van der Waals surface area (Å²) in [4.78, 5) is 21.3. The van der Waals surface area contributed by atoms with Gasteiger partial charge in [0.1, 0.15) is 17.3 Å². The summed E-state index contributed by atoms with van der Waals surface area (Å²) >= 11 is 0. The number of aromatic nitrogens is 2. The predicted molar refractivity (Wildman–Crippen MR) is 98.6 cm³/mol. The highest BCUT2D eigenvalue weighted by Gasteiger charge is 2.16. The number of nitrogens with zero attached hydrogens (tertiary/aromatic N) is 2. The third kappa shape index (κ3) is 4.78. The molecule has 2 rings (SSSR count). The van der Waals surface area contributed by atoms with Crippen LogP contribution in [0.3, 0.4) is 0 Å². The lowest BCUT2D eigenvalue weighted by molar-refractivity contribution is 0.102. The van der Waals surface area contributed by atoms with Crippen molar-refractivity contribution >= 4 is 17.4 Å². The third-order valence-electron chi connectivity index (χ3n) is 3.40. The summed E-state index contributed by atoms with van der Waals surface area (Å²) in [6.07, 6.45) is 0. The Balaban J connectivity index is 2.27. The van der Waals surface area contributed by atoms with Crippen molar-refractivity contribution in [1.29, 1.82) is 0 Å². The number of hydrogen-bond acceptors (Lipinski definition) is 4. The van der Waals surface area contributed by atoms with E-state index < -0.39 is 0 Å². The van der Waals surface area contributed by atoms with Crippen LogP contribution in [0.4, 0.5) is 11.5 Å². The van der Waals surface area contributed by atoms with Crippen molar-refractivity contribution < 1.29 is 4.79 Å². The van der Waals surface area contributed by atoms with Crippen molar-refractivity contribution in [2.24, 2.45) is 0 Å². The van der Waals surface area contributed by atoms with Crippen LogP contribution in [0, 0.1) is 6.92 Å². The zero-order valence-electron chi connectivity index (χ0n) is 15.3. The van der Waals surface area contributed by atoms with Crippen LogP contribution in [-0.4, -0.2) is 21.4 Å². The van der Waals surface area contributed by atoms with Gasteiger partial charge in [0, 0.05) is 17.3 Å². The van der Waals surface area contributed by atoms with Crippen LogP contribution in [0.2, 0.25) is 0 Å². The largest absolute Gasteiger partial charge is 0.365 e. The van der Waals surface area contributed by atoms with Crippen molar-refractivity contribution in [3.05, 3.63) is 47.4 Å². The summed E-state index contributed by atoms with van der Waals surface area (Å²) < 4.78 is 0. The van der Waals surface area contributed by atoms with Crippen molar-refractivity contribution in [3.63, 3.8) is 0 Å². The fourth-order valence-electron chi connectivity index (χ4n) is 2.43. The molecule has 5 heteroatoms. The highest BCUT2D eigenvalue weighted by Crippen LogP contribution is 2.24. The Morgan fingerprint density at radius 1 is 1.12 bits per heavy atom. The second kappa shape index (κ2) is 6.99. The van der Waals surface area contributed by atoms with E-state index in [9.17, 15) is 4.79 Å². The number of para-hydroxylation sites is 1. The van der Waals surface area contributed by atoms with Gasteiger partial charge in [0.2, 0.25) is 0 Å². The van der Waals surface area contributed by atoms with Gasteiger partial charge in [0.15, 0.2) is 0 Å². The molecule has 0 unspecified atom stereocenters. The molecule has 0 spiro atoms. The number of carbonyl (C=O) groups excluding carboxylic acids is 1. The molecule has 0 aliphatic carbocycles. The second-order valence-corrected chi connectivity index (χ2v) is 7.26. The zero-order chi connectivity index (χ0) is 17.9. The predicted octanol–water partition coefficient (Wildman–Crippen LogP) is 4.37. The Morgan fingerprint density at radius 2 is 1.79 bits per heavy atom. The standard InChI is InChI=1S/C19H26N4O/c1-12(2)14-9-7-8-10-15(14)22-18(24)16-11-17(21-13(3)20-16)23-19(4,5)6/h7-12H,1-6H3,(H,22,24)(H,20,21,23). The van der Waals surface area contributed by atoms with E-state index >= 15 is 0 Å². The molecule has 0 saturated carbocycles. The molecule has 0 bridgehead atoms. The number of nitrogens with one attached hydrogen (secondary N) is 2. The number of aryl methyl sites for hydroxylation is 1. The molecule has 1 aromatic carbocycles. The van der Waals surface area contributed by atoms with Gasteiger partial charge < -0.3 is 10.6 Å². The highest BCUT2D eigenvalue weighted by atomic mass is 16.1. The Kier molecular flexibility index (Phi) is 5.22. The van der Waals surface area contributed by atoms with E-state index in [1.807, 2.05) is 45.0 Å². The first-order chi connectivity index (χ1) is 11.2. The molecule has 1 aromatic heterocycles. The Bertz CT molecular complexity index is 732. The number of carbonyl (C=O) groups is 1. The molecule has 0 fully saturated rings. The fraction of sp³-hybridized carbons (Fsp3) is 0.421. The molecular weight excluding hydrogens is 300 g/mol. The Morgan fingerprint density at radius 3 is 2.42 bits per heavy atom. The third-order valence-corrected chi connectivity index (χ3v) is 3.40. The maximum atomic E-state index is 12.6. The molecule has 0 saturated heterocycles. The maximum absolute atomic E-state index is 12.6. The minimum Gasteiger partial charge on any atom is -0.365 e.